The minimum absolute atomic E-state index is 0.0205. The van der Waals surface area contributed by atoms with Gasteiger partial charge in [-0.1, -0.05) is 6.07 Å². The third-order valence-corrected chi connectivity index (χ3v) is 2.93. The Labute approximate surface area is 95.7 Å². The second-order valence-corrected chi connectivity index (χ2v) is 4.66. The van der Waals surface area contributed by atoms with Crippen molar-refractivity contribution in [3.05, 3.63) is 30.1 Å². The molecular weight excluding hydrogens is 202 g/mol. The van der Waals surface area contributed by atoms with Crippen LogP contribution in [0.4, 0.5) is 0 Å². The van der Waals surface area contributed by atoms with E-state index in [0.29, 0.717) is 5.69 Å². The van der Waals surface area contributed by atoms with Gasteiger partial charge in [-0.25, -0.2) is 0 Å². The normalized spacial score (nSPS) is 19.5. The van der Waals surface area contributed by atoms with E-state index in [0.717, 1.165) is 19.6 Å². The molecule has 16 heavy (non-hydrogen) atoms. The molecule has 4 nitrogen and oxygen atoms in total. The number of amides is 1. The molecule has 1 aromatic rings. The summed E-state index contributed by atoms with van der Waals surface area (Å²) in [6, 6.07) is 5.43. The van der Waals surface area contributed by atoms with Gasteiger partial charge >= 0.3 is 0 Å². The SMILES string of the molecule is CC1(C)CNCCN1C(=O)c1ccccn1. The van der Waals surface area contributed by atoms with Crippen LogP contribution in [-0.4, -0.2) is 41.0 Å². The predicted octanol–water partition coefficient (Wildman–Crippen LogP) is 0.906. The Bertz CT molecular complexity index is 375. The molecule has 1 saturated heterocycles. The summed E-state index contributed by atoms with van der Waals surface area (Å²) in [6.07, 6.45) is 1.66. The lowest BCUT2D eigenvalue weighted by Crippen LogP contribution is -2.59. The first-order valence-corrected chi connectivity index (χ1v) is 5.55. The van der Waals surface area contributed by atoms with E-state index in [-0.39, 0.29) is 11.4 Å². The largest absolute Gasteiger partial charge is 0.330 e. The number of nitrogens with zero attached hydrogens (tertiary/aromatic N) is 2. The molecule has 0 saturated carbocycles. The number of piperazine rings is 1. The number of pyridine rings is 1. The summed E-state index contributed by atoms with van der Waals surface area (Å²) < 4.78 is 0. The van der Waals surface area contributed by atoms with Gasteiger partial charge in [-0.3, -0.25) is 9.78 Å². The molecule has 2 rings (SSSR count). The fraction of sp³-hybridized carbons (Fsp3) is 0.500. The first-order valence-electron chi connectivity index (χ1n) is 5.55. The second-order valence-electron chi connectivity index (χ2n) is 4.66. The minimum Gasteiger partial charge on any atom is -0.330 e. The summed E-state index contributed by atoms with van der Waals surface area (Å²) in [6.45, 7) is 6.55. The zero-order chi connectivity index (χ0) is 11.6. The Morgan fingerprint density at radius 1 is 1.50 bits per heavy atom. The lowest BCUT2D eigenvalue weighted by Gasteiger charge is -2.42. The molecule has 0 atom stereocenters. The molecule has 0 aromatic carbocycles. The predicted molar refractivity (Wildman–Crippen MR) is 62.2 cm³/mol. The van der Waals surface area contributed by atoms with Crippen molar-refractivity contribution in [3.8, 4) is 0 Å². The van der Waals surface area contributed by atoms with E-state index >= 15 is 0 Å². The molecular formula is C12H17N3O. The summed E-state index contributed by atoms with van der Waals surface area (Å²) in [5.41, 5.74) is 0.379. The molecule has 4 heteroatoms. The fourth-order valence-electron chi connectivity index (χ4n) is 1.99. The maximum absolute atomic E-state index is 12.3. The standard InChI is InChI=1S/C12H17N3O/c1-12(2)9-13-7-8-15(12)11(16)10-5-3-4-6-14-10/h3-6,13H,7-9H2,1-2H3. The van der Waals surface area contributed by atoms with E-state index in [4.69, 9.17) is 0 Å². The van der Waals surface area contributed by atoms with Crippen LogP contribution in [0.25, 0.3) is 0 Å². The van der Waals surface area contributed by atoms with Gasteiger partial charge in [0.05, 0.1) is 5.54 Å². The van der Waals surface area contributed by atoms with Crippen LogP contribution >= 0.6 is 0 Å². The minimum atomic E-state index is -0.146. The van der Waals surface area contributed by atoms with Gasteiger partial charge in [-0.05, 0) is 26.0 Å². The highest BCUT2D eigenvalue weighted by Gasteiger charge is 2.33. The molecule has 1 N–H and O–H groups in total. The zero-order valence-corrected chi connectivity index (χ0v) is 9.73. The quantitative estimate of drug-likeness (QED) is 0.763. The van der Waals surface area contributed by atoms with Gasteiger partial charge in [-0.15, -0.1) is 0 Å². The molecule has 2 heterocycles. The Morgan fingerprint density at radius 2 is 2.31 bits per heavy atom. The average Bonchev–Trinajstić information content (AvgIpc) is 2.29. The van der Waals surface area contributed by atoms with Crippen molar-refractivity contribution in [1.82, 2.24) is 15.2 Å². The Balaban J connectivity index is 2.21. The van der Waals surface area contributed by atoms with E-state index in [2.05, 4.69) is 24.1 Å². The molecule has 0 unspecified atom stereocenters. The van der Waals surface area contributed by atoms with Gasteiger partial charge < -0.3 is 10.2 Å². The molecule has 1 aliphatic rings. The van der Waals surface area contributed by atoms with Crippen LogP contribution < -0.4 is 5.32 Å². The van der Waals surface area contributed by atoms with Crippen molar-refractivity contribution in [1.29, 1.82) is 0 Å². The summed E-state index contributed by atoms with van der Waals surface area (Å²) in [5.74, 6) is 0.0205. The molecule has 0 spiro atoms. The second kappa shape index (κ2) is 4.22. The van der Waals surface area contributed by atoms with Gasteiger partial charge in [-0.2, -0.15) is 0 Å². The van der Waals surface area contributed by atoms with E-state index in [1.54, 1.807) is 12.3 Å². The number of hydrogen-bond acceptors (Lipinski definition) is 3. The van der Waals surface area contributed by atoms with Crippen molar-refractivity contribution >= 4 is 5.91 Å². The highest BCUT2D eigenvalue weighted by Crippen LogP contribution is 2.18. The maximum atomic E-state index is 12.3. The highest BCUT2D eigenvalue weighted by molar-refractivity contribution is 5.92. The summed E-state index contributed by atoms with van der Waals surface area (Å²) in [4.78, 5) is 18.3. The zero-order valence-electron chi connectivity index (χ0n) is 9.73. The lowest BCUT2D eigenvalue weighted by atomic mass is 9.99. The van der Waals surface area contributed by atoms with Crippen LogP contribution in [0.15, 0.2) is 24.4 Å². The lowest BCUT2D eigenvalue weighted by molar-refractivity contribution is 0.0471. The summed E-state index contributed by atoms with van der Waals surface area (Å²) in [7, 11) is 0. The van der Waals surface area contributed by atoms with Crippen molar-refractivity contribution in [2.75, 3.05) is 19.6 Å². The summed E-state index contributed by atoms with van der Waals surface area (Å²) >= 11 is 0. The number of carbonyl (C=O) groups excluding carboxylic acids is 1. The van der Waals surface area contributed by atoms with Crippen LogP contribution in [0.2, 0.25) is 0 Å². The van der Waals surface area contributed by atoms with Crippen LogP contribution in [0.5, 0.6) is 0 Å². The van der Waals surface area contributed by atoms with Crippen LogP contribution in [0, 0.1) is 0 Å². The Morgan fingerprint density at radius 3 is 2.94 bits per heavy atom. The topological polar surface area (TPSA) is 45.2 Å². The molecule has 0 bridgehead atoms. The van der Waals surface area contributed by atoms with Crippen LogP contribution in [-0.2, 0) is 0 Å². The number of nitrogens with one attached hydrogen (secondary N) is 1. The highest BCUT2D eigenvalue weighted by atomic mass is 16.2. The number of carbonyl (C=O) groups is 1. The van der Waals surface area contributed by atoms with E-state index in [1.165, 1.54) is 0 Å². The van der Waals surface area contributed by atoms with Gasteiger partial charge in [0.25, 0.3) is 5.91 Å². The molecule has 1 amide bonds. The maximum Gasteiger partial charge on any atom is 0.272 e. The first kappa shape index (κ1) is 11.1. The molecule has 1 fully saturated rings. The Kier molecular flexibility index (Phi) is 2.92. The first-order chi connectivity index (χ1) is 7.61. The molecule has 0 radical (unpaired) electrons. The van der Waals surface area contributed by atoms with Crippen LogP contribution in [0.1, 0.15) is 24.3 Å². The van der Waals surface area contributed by atoms with E-state index in [9.17, 15) is 4.79 Å². The Hall–Kier alpha value is -1.42. The van der Waals surface area contributed by atoms with Gasteiger partial charge in [0.1, 0.15) is 5.69 Å². The monoisotopic (exact) mass is 219 g/mol. The van der Waals surface area contributed by atoms with Gasteiger partial charge in [0, 0.05) is 25.8 Å². The van der Waals surface area contributed by atoms with Crippen molar-refractivity contribution < 1.29 is 4.79 Å². The van der Waals surface area contributed by atoms with E-state index in [1.807, 2.05) is 17.0 Å². The average molecular weight is 219 g/mol. The van der Waals surface area contributed by atoms with Gasteiger partial charge in [0.2, 0.25) is 0 Å². The van der Waals surface area contributed by atoms with Crippen LogP contribution in [0.3, 0.4) is 0 Å². The summed E-state index contributed by atoms with van der Waals surface area (Å²) in [5, 5.41) is 3.30. The van der Waals surface area contributed by atoms with Crippen molar-refractivity contribution in [2.45, 2.75) is 19.4 Å². The fourth-order valence-corrected chi connectivity index (χ4v) is 1.99. The van der Waals surface area contributed by atoms with Crippen molar-refractivity contribution in [3.63, 3.8) is 0 Å². The molecule has 1 aromatic heterocycles. The number of aromatic nitrogens is 1. The third kappa shape index (κ3) is 2.07. The number of hydrogen-bond donors (Lipinski definition) is 1. The van der Waals surface area contributed by atoms with Crippen molar-refractivity contribution in [2.24, 2.45) is 0 Å². The molecule has 86 valence electrons. The molecule has 0 aliphatic carbocycles. The third-order valence-electron chi connectivity index (χ3n) is 2.93. The van der Waals surface area contributed by atoms with Gasteiger partial charge in [0.15, 0.2) is 0 Å². The number of rotatable bonds is 1. The smallest absolute Gasteiger partial charge is 0.272 e. The molecule has 1 aliphatic heterocycles. The van der Waals surface area contributed by atoms with E-state index < -0.39 is 0 Å².